The third kappa shape index (κ3) is 3.40. The minimum Gasteiger partial charge on any atom is -0.293 e. The van der Waals surface area contributed by atoms with E-state index >= 15 is 0 Å². The van der Waals surface area contributed by atoms with Gasteiger partial charge in [0.25, 0.3) is 0 Å². The average molecular weight is 215 g/mol. The second-order valence-electron chi connectivity index (χ2n) is 4.01. The van der Waals surface area contributed by atoms with Gasteiger partial charge in [0, 0.05) is 5.56 Å². The van der Waals surface area contributed by atoms with Gasteiger partial charge in [0.05, 0.1) is 6.54 Å². The number of rotatable bonds is 3. The van der Waals surface area contributed by atoms with E-state index in [0.29, 0.717) is 0 Å². The van der Waals surface area contributed by atoms with Crippen LogP contribution >= 0.6 is 0 Å². The first-order valence-corrected chi connectivity index (χ1v) is 5.96. The van der Waals surface area contributed by atoms with Gasteiger partial charge in [-0.3, -0.25) is 4.90 Å². The van der Waals surface area contributed by atoms with Crippen LogP contribution in [0.4, 0.5) is 0 Å². The summed E-state index contributed by atoms with van der Waals surface area (Å²) in [7, 11) is 0. The summed E-state index contributed by atoms with van der Waals surface area (Å²) in [5.41, 5.74) is 3.77. The highest BCUT2D eigenvalue weighted by atomic mass is 15.1. The highest BCUT2D eigenvalue weighted by Crippen LogP contribution is 2.10. The lowest BCUT2D eigenvalue weighted by Crippen LogP contribution is -2.22. The summed E-state index contributed by atoms with van der Waals surface area (Å²) in [6.07, 6.45) is 0. The van der Waals surface area contributed by atoms with Crippen LogP contribution in [0.3, 0.4) is 0 Å². The van der Waals surface area contributed by atoms with Gasteiger partial charge in [-0.05, 0) is 44.1 Å². The van der Waals surface area contributed by atoms with Crippen molar-refractivity contribution < 1.29 is 0 Å². The molecule has 0 atom stereocenters. The van der Waals surface area contributed by atoms with E-state index in [4.69, 9.17) is 0 Å². The van der Waals surface area contributed by atoms with Gasteiger partial charge < -0.3 is 0 Å². The maximum absolute atomic E-state index is 3.26. The van der Waals surface area contributed by atoms with Crippen LogP contribution in [0.2, 0.25) is 0 Å². The number of hydrogen-bond acceptors (Lipinski definition) is 1. The molecule has 1 heteroatoms. The zero-order chi connectivity index (χ0) is 12.0. The Balaban J connectivity index is 2.73. The average Bonchev–Trinajstić information content (AvgIpc) is 2.30. The van der Waals surface area contributed by atoms with Gasteiger partial charge in [-0.1, -0.05) is 37.8 Å². The minimum absolute atomic E-state index is 0.861. The van der Waals surface area contributed by atoms with E-state index < -0.39 is 0 Å². The molecule has 0 aromatic heterocycles. The van der Waals surface area contributed by atoms with Crippen molar-refractivity contribution in [2.24, 2.45) is 0 Å². The Kier molecular flexibility index (Phi) is 5.08. The van der Waals surface area contributed by atoms with Crippen LogP contribution in [-0.4, -0.2) is 24.5 Å². The quantitative estimate of drug-likeness (QED) is 0.701. The Morgan fingerprint density at radius 2 is 1.81 bits per heavy atom. The fraction of sp³-hybridized carbons (Fsp3) is 0.467. The van der Waals surface area contributed by atoms with Crippen molar-refractivity contribution in [1.82, 2.24) is 4.90 Å². The molecule has 0 saturated heterocycles. The molecule has 1 aromatic rings. The van der Waals surface area contributed by atoms with Crippen molar-refractivity contribution in [3.8, 4) is 11.8 Å². The zero-order valence-corrected chi connectivity index (χ0v) is 10.8. The summed E-state index contributed by atoms with van der Waals surface area (Å²) < 4.78 is 0. The van der Waals surface area contributed by atoms with Crippen LogP contribution in [0.15, 0.2) is 18.2 Å². The van der Waals surface area contributed by atoms with E-state index in [0.717, 1.165) is 25.2 Å². The van der Waals surface area contributed by atoms with Gasteiger partial charge in [0.1, 0.15) is 0 Å². The molecular weight excluding hydrogens is 194 g/mol. The number of nitrogens with zero attached hydrogens (tertiary/aromatic N) is 1. The fourth-order valence-electron chi connectivity index (χ4n) is 1.58. The molecular formula is C15H21N. The lowest BCUT2D eigenvalue weighted by atomic mass is 10.0. The first-order valence-electron chi connectivity index (χ1n) is 5.96. The molecule has 0 aliphatic rings. The molecule has 0 amide bonds. The summed E-state index contributed by atoms with van der Waals surface area (Å²) in [4.78, 5) is 2.32. The molecule has 0 radical (unpaired) electrons. The summed E-state index contributed by atoms with van der Waals surface area (Å²) in [6.45, 7) is 11.6. The fourth-order valence-corrected chi connectivity index (χ4v) is 1.58. The predicted molar refractivity (Wildman–Crippen MR) is 70.6 cm³/mol. The van der Waals surface area contributed by atoms with E-state index in [2.05, 4.69) is 62.6 Å². The molecule has 0 N–H and O–H groups in total. The van der Waals surface area contributed by atoms with Crippen molar-refractivity contribution in [2.45, 2.75) is 27.7 Å². The molecule has 1 aromatic carbocycles. The Hall–Kier alpha value is -1.26. The van der Waals surface area contributed by atoms with Crippen LogP contribution in [-0.2, 0) is 0 Å². The van der Waals surface area contributed by atoms with Gasteiger partial charge in [-0.2, -0.15) is 0 Å². The Morgan fingerprint density at radius 3 is 2.44 bits per heavy atom. The second kappa shape index (κ2) is 6.35. The Bertz CT molecular complexity index is 392. The first kappa shape index (κ1) is 12.8. The number of hydrogen-bond donors (Lipinski definition) is 0. The number of aryl methyl sites for hydroxylation is 1. The van der Waals surface area contributed by atoms with Crippen LogP contribution in [0.25, 0.3) is 0 Å². The molecule has 0 aliphatic carbocycles. The number of benzene rings is 1. The second-order valence-corrected chi connectivity index (χ2v) is 4.01. The van der Waals surface area contributed by atoms with E-state index in [1.807, 2.05) is 0 Å². The van der Waals surface area contributed by atoms with E-state index in [1.165, 1.54) is 11.1 Å². The molecule has 1 rings (SSSR count). The predicted octanol–water partition coefficient (Wildman–Crippen LogP) is 3.00. The maximum atomic E-state index is 3.26. The largest absolute Gasteiger partial charge is 0.293 e. The molecule has 16 heavy (non-hydrogen) atoms. The highest BCUT2D eigenvalue weighted by Gasteiger charge is 1.97. The van der Waals surface area contributed by atoms with Crippen LogP contribution in [0.1, 0.15) is 30.5 Å². The minimum atomic E-state index is 0.861. The third-order valence-electron chi connectivity index (χ3n) is 3.02. The molecule has 0 heterocycles. The SMILES string of the molecule is CCN(CC)CC#Cc1cccc(C)c1C. The third-order valence-corrected chi connectivity index (χ3v) is 3.02. The lowest BCUT2D eigenvalue weighted by Gasteiger charge is -2.13. The van der Waals surface area contributed by atoms with E-state index in [-0.39, 0.29) is 0 Å². The highest BCUT2D eigenvalue weighted by molar-refractivity contribution is 5.44. The van der Waals surface area contributed by atoms with Gasteiger partial charge in [0.15, 0.2) is 0 Å². The van der Waals surface area contributed by atoms with Gasteiger partial charge in [-0.25, -0.2) is 0 Å². The van der Waals surface area contributed by atoms with Crippen LogP contribution in [0, 0.1) is 25.7 Å². The molecule has 0 bridgehead atoms. The van der Waals surface area contributed by atoms with E-state index in [1.54, 1.807) is 0 Å². The van der Waals surface area contributed by atoms with Crippen molar-refractivity contribution in [3.05, 3.63) is 34.9 Å². The molecule has 1 nitrogen and oxygen atoms in total. The van der Waals surface area contributed by atoms with Crippen LogP contribution < -0.4 is 0 Å². The molecule has 0 aliphatic heterocycles. The van der Waals surface area contributed by atoms with E-state index in [9.17, 15) is 0 Å². The topological polar surface area (TPSA) is 3.24 Å². The molecule has 0 saturated carbocycles. The summed E-state index contributed by atoms with van der Waals surface area (Å²) in [5, 5.41) is 0. The molecule has 0 unspecified atom stereocenters. The zero-order valence-electron chi connectivity index (χ0n) is 10.8. The van der Waals surface area contributed by atoms with Gasteiger partial charge in [-0.15, -0.1) is 0 Å². The standard InChI is InChI=1S/C15H21N/c1-5-16(6-2)12-8-11-15-10-7-9-13(3)14(15)4/h7,9-10H,5-6,12H2,1-4H3. The summed E-state index contributed by atoms with van der Waals surface area (Å²) in [5.74, 6) is 6.51. The van der Waals surface area contributed by atoms with Crippen molar-refractivity contribution >= 4 is 0 Å². The van der Waals surface area contributed by atoms with Gasteiger partial charge in [0.2, 0.25) is 0 Å². The van der Waals surface area contributed by atoms with Crippen molar-refractivity contribution in [2.75, 3.05) is 19.6 Å². The Labute approximate surface area is 99.5 Å². The first-order chi connectivity index (χ1) is 7.69. The van der Waals surface area contributed by atoms with Gasteiger partial charge >= 0.3 is 0 Å². The smallest absolute Gasteiger partial charge is 0.0605 e. The lowest BCUT2D eigenvalue weighted by molar-refractivity contribution is 0.342. The molecule has 86 valence electrons. The maximum Gasteiger partial charge on any atom is 0.0605 e. The normalized spacial score (nSPS) is 10.1. The van der Waals surface area contributed by atoms with Crippen LogP contribution in [0.5, 0.6) is 0 Å². The summed E-state index contributed by atoms with van der Waals surface area (Å²) >= 11 is 0. The van der Waals surface area contributed by atoms with Crippen molar-refractivity contribution in [1.29, 1.82) is 0 Å². The Morgan fingerprint density at radius 1 is 1.12 bits per heavy atom. The summed E-state index contributed by atoms with van der Waals surface area (Å²) in [6, 6.07) is 6.30. The van der Waals surface area contributed by atoms with Crippen molar-refractivity contribution in [3.63, 3.8) is 0 Å². The molecule has 0 fully saturated rings. The monoisotopic (exact) mass is 215 g/mol. The molecule has 0 spiro atoms.